The number of nitrogens with zero attached hydrogens (tertiary/aromatic N) is 4. The summed E-state index contributed by atoms with van der Waals surface area (Å²) < 4.78 is 1.77. The van der Waals surface area contributed by atoms with Crippen molar-refractivity contribution in [3.05, 3.63) is 5.82 Å². The molecule has 0 amide bonds. The van der Waals surface area contributed by atoms with Crippen LogP contribution < -0.4 is 0 Å². The van der Waals surface area contributed by atoms with Gasteiger partial charge < -0.3 is 5.11 Å². The standard InChI is InChI=1S/C14H24N4O2/c1-2-3-4-5-6-7-13-15-16-17-18(13)12(10-14(19)20)11-8-9-11/h11-12H,2-10H2,1H3,(H,19,20). The zero-order valence-corrected chi connectivity index (χ0v) is 12.2. The van der Waals surface area contributed by atoms with Crippen molar-refractivity contribution < 1.29 is 9.90 Å². The third-order valence-corrected chi connectivity index (χ3v) is 3.93. The van der Waals surface area contributed by atoms with Crippen LogP contribution in [0.2, 0.25) is 0 Å². The second kappa shape index (κ2) is 7.36. The highest BCUT2D eigenvalue weighted by molar-refractivity contribution is 5.67. The zero-order chi connectivity index (χ0) is 14.4. The predicted molar refractivity (Wildman–Crippen MR) is 74.3 cm³/mol. The number of carbonyl (C=O) groups is 1. The van der Waals surface area contributed by atoms with E-state index < -0.39 is 5.97 Å². The van der Waals surface area contributed by atoms with Crippen LogP contribution in [0, 0.1) is 5.92 Å². The summed E-state index contributed by atoms with van der Waals surface area (Å²) in [5.41, 5.74) is 0. The lowest BCUT2D eigenvalue weighted by atomic mass is 10.1. The average molecular weight is 280 g/mol. The van der Waals surface area contributed by atoms with E-state index >= 15 is 0 Å². The molecule has 2 rings (SSSR count). The van der Waals surface area contributed by atoms with Crippen molar-refractivity contribution in [2.24, 2.45) is 5.92 Å². The first kappa shape index (κ1) is 14.9. The number of aryl methyl sites for hydroxylation is 1. The summed E-state index contributed by atoms with van der Waals surface area (Å²) >= 11 is 0. The van der Waals surface area contributed by atoms with E-state index in [2.05, 4.69) is 22.4 Å². The van der Waals surface area contributed by atoms with Gasteiger partial charge in [-0.2, -0.15) is 0 Å². The van der Waals surface area contributed by atoms with E-state index in [0.717, 1.165) is 31.5 Å². The first-order valence-electron chi connectivity index (χ1n) is 7.71. The molecule has 6 heteroatoms. The number of rotatable bonds is 10. The lowest BCUT2D eigenvalue weighted by Gasteiger charge is -2.15. The Balaban J connectivity index is 1.90. The molecule has 1 aromatic heterocycles. The van der Waals surface area contributed by atoms with Gasteiger partial charge in [0, 0.05) is 6.42 Å². The van der Waals surface area contributed by atoms with Crippen LogP contribution >= 0.6 is 0 Å². The van der Waals surface area contributed by atoms with Gasteiger partial charge >= 0.3 is 5.97 Å². The Kier molecular flexibility index (Phi) is 5.49. The number of hydrogen-bond acceptors (Lipinski definition) is 4. The quantitative estimate of drug-likeness (QED) is 0.666. The smallest absolute Gasteiger partial charge is 0.305 e. The van der Waals surface area contributed by atoms with Gasteiger partial charge in [0.25, 0.3) is 0 Å². The van der Waals surface area contributed by atoms with Crippen LogP contribution in [0.5, 0.6) is 0 Å². The summed E-state index contributed by atoms with van der Waals surface area (Å²) in [5, 5.41) is 20.9. The van der Waals surface area contributed by atoms with Gasteiger partial charge in [0.1, 0.15) is 0 Å². The number of hydrogen-bond donors (Lipinski definition) is 1. The Morgan fingerprint density at radius 1 is 1.35 bits per heavy atom. The summed E-state index contributed by atoms with van der Waals surface area (Å²) in [6.07, 6.45) is 9.17. The van der Waals surface area contributed by atoms with Gasteiger partial charge in [-0.3, -0.25) is 4.79 Å². The molecule has 20 heavy (non-hydrogen) atoms. The molecule has 1 N–H and O–H groups in total. The molecule has 0 aromatic carbocycles. The molecule has 1 aliphatic carbocycles. The number of aromatic nitrogens is 4. The Morgan fingerprint density at radius 3 is 2.75 bits per heavy atom. The zero-order valence-electron chi connectivity index (χ0n) is 12.2. The van der Waals surface area contributed by atoms with Crippen molar-refractivity contribution in [3.8, 4) is 0 Å². The summed E-state index contributed by atoms with van der Waals surface area (Å²) in [6, 6.07) is -0.0619. The van der Waals surface area contributed by atoms with Gasteiger partial charge in [-0.15, -0.1) is 5.10 Å². The Hall–Kier alpha value is -1.46. The van der Waals surface area contributed by atoms with Crippen molar-refractivity contribution in [3.63, 3.8) is 0 Å². The third kappa shape index (κ3) is 4.28. The van der Waals surface area contributed by atoms with Crippen molar-refractivity contribution in [2.75, 3.05) is 0 Å². The summed E-state index contributed by atoms with van der Waals surface area (Å²) in [6.45, 7) is 2.20. The van der Waals surface area contributed by atoms with Crippen molar-refractivity contribution >= 4 is 5.97 Å². The van der Waals surface area contributed by atoms with E-state index in [1.54, 1.807) is 4.68 Å². The van der Waals surface area contributed by atoms with Crippen LogP contribution in [0.3, 0.4) is 0 Å². The highest BCUT2D eigenvalue weighted by atomic mass is 16.4. The van der Waals surface area contributed by atoms with E-state index in [0.29, 0.717) is 5.92 Å². The molecule has 1 aliphatic rings. The van der Waals surface area contributed by atoms with Crippen molar-refractivity contribution in [1.82, 2.24) is 20.2 Å². The molecule has 0 spiro atoms. The van der Waals surface area contributed by atoms with Crippen LogP contribution in [0.4, 0.5) is 0 Å². The molecule has 0 saturated heterocycles. The number of carboxylic acid groups (broad SMARTS) is 1. The van der Waals surface area contributed by atoms with Gasteiger partial charge in [-0.25, -0.2) is 4.68 Å². The lowest BCUT2D eigenvalue weighted by molar-refractivity contribution is -0.138. The minimum Gasteiger partial charge on any atom is -0.481 e. The van der Waals surface area contributed by atoms with Crippen LogP contribution in [-0.2, 0) is 11.2 Å². The van der Waals surface area contributed by atoms with Gasteiger partial charge in [0.05, 0.1) is 12.5 Å². The maximum absolute atomic E-state index is 11.0. The molecule has 1 atom stereocenters. The van der Waals surface area contributed by atoms with E-state index in [-0.39, 0.29) is 12.5 Å². The normalized spacial score (nSPS) is 16.2. The fraction of sp³-hybridized carbons (Fsp3) is 0.857. The molecule has 1 unspecified atom stereocenters. The van der Waals surface area contributed by atoms with Crippen LogP contribution in [0.15, 0.2) is 0 Å². The fourth-order valence-electron chi connectivity index (χ4n) is 2.63. The molecule has 0 radical (unpaired) electrons. The SMILES string of the molecule is CCCCCCCc1nnnn1C(CC(=O)O)C1CC1. The maximum Gasteiger partial charge on any atom is 0.305 e. The fourth-order valence-corrected chi connectivity index (χ4v) is 2.63. The number of unbranched alkanes of at least 4 members (excludes halogenated alkanes) is 4. The van der Waals surface area contributed by atoms with Crippen LogP contribution in [-0.4, -0.2) is 31.3 Å². The molecule has 112 valence electrons. The Morgan fingerprint density at radius 2 is 2.10 bits per heavy atom. The molecule has 1 heterocycles. The first-order chi connectivity index (χ1) is 9.72. The molecule has 6 nitrogen and oxygen atoms in total. The first-order valence-corrected chi connectivity index (χ1v) is 7.71. The van der Waals surface area contributed by atoms with Gasteiger partial charge in [0.2, 0.25) is 0 Å². The predicted octanol–water partition coefficient (Wildman–Crippen LogP) is 2.61. The topological polar surface area (TPSA) is 80.9 Å². The molecule has 1 aromatic rings. The molecular formula is C14H24N4O2. The molecule has 1 saturated carbocycles. The average Bonchev–Trinajstić information content (AvgIpc) is 3.15. The number of tetrazole rings is 1. The minimum atomic E-state index is -0.772. The molecule has 0 aliphatic heterocycles. The van der Waals surface area contributed by atoms with Gasteiger partial charge in [-0.1, -0.05) is 32.6 Å². The van der Waals surface area contributed by atoms with E-state index in [4.69, 9.17) is 5.11 Å². The summed E-state index contributed by atoms with van der Waals surface area (Å²) in [5.74, 6) is 0.513. The second-order valence-corrected chi connectivity index (χ2v) is 5.71. The maximum atomic E-state index is 11.0. The Labute approximate surface area is 119 Å². The molecule has 0 bridgehead atoms. The van der Waals surface area contributed by atoms with Crippen molar-refractivity contribution in [1.29, 1.82) is 0 Å². The van der Waals surface area contributed by atoms with E-state index in [9.17, 15) is 4.79 Å². The van der Waals surface area contributed by atoms with Crippen LogP contribution in [0.1, 0.15) is 70.2 Å². The van der Waals surface area contributed by atoms with Gasteiger partial charge in [-0.05, 0) is 35.6 Å². The Bertz CT molecular complexity index is 429. The highest BCUT2D eigenvalue weighted by Crippen LogP contribution is 2.41. The monoisotopic (exact) mass is 280 g/mol. The second-order valence-electron chi connectivity index (χ2n) is 5.71. The van der Waals surface area contributed by atoms with E-state index in [1.165, 1.54) is 25.7 Å². The number of carboxylic acids is 1. The summed E-state index contributed by atoms with van der Waals surface area (Å²) in [4.78, 5) is 11.0. The van der Waals surface area contributed by atoms with Crippen LogP contribution in [0.25, 0.3) is 0 Å². The highest BCUT2D eigenvalue weighted by Gasteiger charge is 2.36. The summed E-state index contributed by atoms with van der Waals surface area (Å²) in [7, 11) is 0. The minimum absolute atomic E-state index is 0.0619. The van der Waals surface area contributed by atoms with Crippen molar-refractivity contribution in [2.45, 2.75) is 70.8 Å². The lowest BCUT2D eigenvalue weighted by Crippen LogP contribution is -2.19. The molecule has 1 fully saturated rings. The molecular weight excluding hydrogens is 256 g/mol. The van der Waals surface area contributed by atoms with E-state index in [1.807, 2.05) is 0 Å². The largest absolute Gasteiger partial charge is 0.481 e. The van der Waals surface area contributed by atoms with Gasteiger partial charge in [0.15, 0.2) is 5.82 Å². The number of aliphatic carboxylic acids is 1. The third-order valence-electron chi connectivity index (χ3n) is 3.93.